The summed E-state index contributed by atoms with van der Waals surface area (Å²) in [5.74, 6) is 1.35. The van der Waals surface area contributed by atoms with Crippen molar-refractivity contribution in [2.45, 2.75) is 18.9 Å². The molecule has 0 unspecified atom stereocenters. The number of nitro groups is 1. The largest absolute Gasteiger partial charge is 0.377 e. The number of hydrogen-bond acceptors (Lipinski definition) is 4. The summed E-state index contributed by atoms with van der Waals surface area (Å²) in [7, 11) is -0.712. The zero-order valence-corrected chi connectivity index (χ0v) is 12.6. The average molecular weight is 380 g/mol. The molecule has 0 bridgehead atoms. The molecule has 1 fully saturated rings. The highest BCUT2D eigenvalue weighted by atomic mass is 127. The molecule has 0 aliphatic carbocycles. The summed E-state index contributed by atoms with van der Waals surface area (Å²) in [5.41, 5.74) is 0.659. The smallest absolute Gasteiger partial charge is 0.293 e. The molecule has 18 heavy (non-hydrogen) atoms. The van der Waals surface area contributed by atoms with Gasteiger partial charge in [-0.1, -0.05) is 0 Å². The normalized spacial score (nSPS) is 23.6. The molecule has 1 N–H and O–H groups in total. The van der Waals surface area contributed by atoms with Crippen LogP contribution in [0.15, 0.2) is 18.2 Å². The van der Waals surface area contributed by atoms with Crippen molar-refractivity contribution in [3.05, 3.63) is 31.9 Å². The first-order valence-electron chi connectivity index (χ1n) is 5.61. The Hall–Kier alpha value is -0.700. The minimum absolute atomic E-state index is 0.105. The summed E-state index contributed by atoms with van der Waals surface area (Å²) < 4.78 is 12.1. The lowest BCUT2D eigenvalue weighted by atomic mass is 10.1. The molecule has 7 heteroatoms. The van der Waals surface area contributed by atoms with E-state index in [1.54, 1.807) is 12.1 Å². The van der Waals surface area contributed by atoms with Crippen molar-refractivity contribution in [2.75, 3.05) is 16.8 Å². The van der Waals surface area contributed by atoms with Crippen molar-refractivity contribution in [3.8, 4) is 0 Å². The maximum atomic E-state index is 11.3. The Morgan fingerprint density at radius 3 is 2.67 bits per heavy atom. The molecule has 98 valence electrons. The van der Waals surface area contributed by atoms with E-state index in [1.165, 1.54) is 0 Å². The molecule has 0 radical (unpaired) electrons. The topological polar surface area (TPSA) is 72.2 Å². The minimum atomic E-state index is -0.712. The van der Waals surface area contributed by atoms with Gasteiger partial charge in [0.15, 0.2) is 0 Å². The van der Waals surface area contributed by atoms with Crippen molar-refractivity contribution in [1.29, 1.82) is 0 Å². The highest BCUT2D eigenvalue weighted by Crippen LogP contribution is 2.28. The second-order valence-corrected chi connectivity index (χ2v) is 7.13. The van der Waals surface area contributed by atoms with E-state index < -0.39 is 10.8 Å². The van der Waals surface area contributed by atoms with Gasteiger partial charge in [-0.15, -0.1) is 0 Å². The Morgan fingerprint density at radius 1 is 1.39 bits per heavy atom. The molecule has 0 spiro atoms. The van der Waals surface area contributed by atoms with Crippen LogP contribution in [0.1, 0.15) is 12.8 Å². The molecule has 5 nitrogen and oxygen atoms in total. The van der Waals surface area contributed by atoms with Crippen molar-refractivity contribution in [2.24, 2.45) is 0 Å². The fraction of sp³-hybridized carbons (Fsp3) is 0.455. The Balaban J connectivity index is 2.13. The standard InChI is InChI=1S/C11H13IN2O3S/c12-8-1-2-10(11(7-8)14(15)16)13-9-3-5-18(17)6-4-9/h1-2,7,9,13H,3-6H2. The Labute approximate surface area is 121 Å². The summed E-state index contributed by atoms with van der Waals surface area (Å²) in [6.45, 7) is 0. The van der Waals surface area contributed by atoms with E-state index in [-0.39, 0.29) is 16.7 Å². The fourth-order valence-electron chi connectivity index (χ4n) is 1.94. The minimum Gasteiger partial charge on any atom is -0.377 e. The van der Waals surface area contributed by atoms with Crippen LogP contribution in [-0.2, 0) is 10.8 Å². The van der Waals surface area contributed by atoms with Gasteiger partial charge < -0.3 is 5.32 Å². The SMILES string of the molecule is O=[N+]([O-])c1cc(I)ccc1NC1CCS(=O)CC1. The summed E-state index contributed by atoms with van der Waals surface area (Å²) in [6.07, 6.45) is 1.60. The van der Waals surface area contributed by atoms with Gasteiger partial charge >= 0.3 is 0 Å². The quantitative estimate of drug-likeness (QED) is 0.497. The van der Waals surface area contributed by atoms with Crippen LogP contribution in [0.5, 0.6) is 0 Å². The average Bonchev–Trinajstić information content (AvgIpc) is 2.34. The highest BCUT2D eigenvalue weighted by Gasteiger charge is 2.21. The maximum Gasteiger partial charge on any atom is 0.293 e. The third-order valence-corrected chi connectivity index (χ3v) is 4.96. The van der Waals surface area contributed by atoms with E-state index in [4.69, 9.17) is 0 Å². The lowest BCUT2D eigenvalue weighted by Crippen LogP contribution is -2.29. The van der Waals surface area contributed by atoms with Gasteiger partial charge in [-0.25, -0.2) is 0 Å². The van der Waals surface area contributed by atoms with Crippen LogP contribution in [-0.4, -0.2) is 26.7 Å². The van der Waals surface area contributed by atoms with Gasteiger partial charge in [0, 0.05) is 38.0 Å². The molecule has 1 aliphatic rings. The maximum absolute atomic E-state index is 11.3. The Kier molecular flexibility index (Phi) is 4.55. The number of rotatable bonds is 3. The van der Waals surface area contributed by atoms with E-state index in [1.807, 2.05) is 6.07 Å². The van der Waals surface area contributed by atoms with Crippen LogP contribution < -0.4 is 5.32 Å². The summed E-state index contributed by atoms with van der Waals surface area (Å²) in [4.78, 5) is 10.6. The van der Waals surface area contributed by atoms with E-state index in [9.17, 15) is 14.3 Å². The highest BCUT2D eigenvalue weighted by molar-refractivity contribution is 14.1. The van der Waals surface area contributed by atoms with E-state index >= 15 is 0 Å². The van der Waals surface area contributed by atoms with Crippen LogP contribution in [0.25, 0.3) is 0 Å². The van der Waals surface area contributed by atoms with Crippen LogP contribution in [0.4, 0.5) is 11.4 Å². The van der Waals surface area contributed by atoms with Crippen LogP contribution >= 0.6 is 22.6 Å². The lowest BCUT2D eigenvalue weighted by molar-refractivity contribution is -0.384. The van der Waals surface area contributed by atoms with Gasteiger partial charge in [-0.2, -0.15) is 0 Å². The summed E-state index contributed by atoms with van der Waals surface area (Å²) in [6, 6.07) is 5.33. The molecule has 1 saturated heterocycles. The summed E-state index contributed by atoms with van der Waals surface area (Å²) >= 11 is 2.06. The first-order chi connectivity index (χ1) is 8.56. The van der Waals surface area contributed by atoms with Gasteiger partial charge in [0.2, 0.25) is 0 Å². The Bertz CT molecular complexity index is 485. The molecular weight excluding hydrogens is 367 g/mol. The number of nitrogens with one attached hydrogen (secondary N) is 1. The third-order valence-electron chi connectivity index (χ3n) is 2.90. The molecule has 1 aromatic rings. The van der Waals surface area contributed by atoms with Crippen molar-refractivity contribution in [3.63, 3.8) is 0 Å². The third kappa shape index (κ3) is 3.41. The fourth-order valence-corrected chi connectivity index (χ4v) is 3.71. The van der Waals surface area contributed by atoms with E-state index in [0.717, 1.165) is 16.4 Å². The Morgan fingerprint density at radius 2 is 2.06 bits per heavy atom. The molecule has 1 aliphatic heterocycles. The molecule has 1 aromatic carbocycles. The number of halogens is 1. The molecule has 0 aromatic heterocycles. The predicted octanol–water partition coefficient (Wildman–Crippen LogP) is 2.52. The number of hydrogen-bond donors (Lipinski definition) is 1. The first-order valence-corrected chi connectivity index (χ1v) is 8.18. The summed E-state index contributed by atoms with van der Waals surface area (Å²) in [5, 5.41) is 14.2. The molecule has 2 rings (SSSR count). The van der Waals surface area contributed by atoms with E-state index in [2.05, 4.69) is 27.9 Å². The second-order valence-electron chi connectivity index (χ2n) is 4.19. The number of nitrogens with zero attached hydrogens (tertiary/aromatic N) is 1. The monoisotopic (exact) mass is 380 g/mol. The number of nitro benzene ring substituents is 1. The lowest BCUT2D eigenvalue weighted by Gasteiger charge is -2.23. The van der Waals surface area contributed by atoms with E-state index in [0.29, 0.717) is 17.2 Å². The molecule has 0 saturated carbocycles. The van der Waals surface area contributed by atoms with Crippen molar-refractivity contribution in [1.82, 2.24) is 0 Å². The van der Waals surface area contributed by atoms with Gasteiger partial charge in [0.05, 0.1) is 4.92 Å². The number of anilines is 1. The second kappa shape index (κ2) is 5.96. The molecule has 0 amide bonds. The molecule has 1 heterocycles. The van der Waals surface area contributed by atoms with Gasteiger partial charge in [0.1, 0.15) is 5.69 Å². The molecular formula is C11H13IN2O3S. The van der Waals surface area contributed by atoms with Gasteiger partial charge in [-0.3, -0.25) is 14.3 Å². The van der Waals surface area contributed by atoms with Gasteiger partial charge in [-0.05, 0) is 47.6 Å². The van der Waals surface area contributed by atoms with Crippen molar-refractivity contribution < 1.29 is 9.13 Å². The zero-order chi connectivity index (χ0) is 13.1. The predicted molar refractivity (Wildman–Crippen MR) is 80.3 cm³/mol. The van der Waals surface area contributed by atoms with Crippen molar-refractivity contribution >= 4 is 44.8 Å². The molecule has 0 atom stereocenters. The first kappa shape index (κ1) is 13.7. The zero-order valence-electron chi connectivity index (χ0n) is 9.60. The number of benzene rings is 1. The van der Waals surface area contributed by atoms with Gasteiger partial charge in [0.25, 0.3) is 5.69 Å². The van der Waals surface area contributed by atoms with Crippen LogP contribution in [0.3, 0.4) is 0 Å². The van der Waals surface area contributed by atoms with Crippen LogP contribution in [0, 0.1) is 13.7 Å². The van der Waals surface area contributed by atoms with Crippen LogP contribution in [0.2, 0.25) is 0 Å².